The number of halogens is 3. The number of aromatic nitrogens is 1. The Bertz CT molecular complexity index is 455. The van der Waals surface area contributed by atoms with Gasteiger partial charge in [0.15, 0.2) is 5.96 Å². The minimum atomic E-state index is -4.16. The molecule has 21 heavy (non-hydrogen) atoms. The molecule has 0 saturated heterocycles. The highest BCUT2D eigenvalue weighted by atomic mass is 32.1. The topological polar surface area (TPSA) is 49.3 Å². The average molecular weight is 322 g/mol. The number of guanidine groups is 1. The van der Waals surface area contributed by atoms with E-state index in [1.165, 1.54) is 0 Å². The van der Waals surface area contributed by atoms with Gasteiger partial charge in [-0.05, 0) is 6.92 Å². The van der Waals surface area contributed by atoms with Gasteiger partial charge in [0.1, 0.15) is 0 Å². The summed E-state index contributed by atoms with van der Waals surface area (Å²) in [4.78, 5) is 8.68. The molecule has 0 aliphatic rings. The fraction of sp³-hybridized carbons (Fsp3) is 0.692. The zero-order valence-electron chi connectivity index (χ0n) is 12.4. The van der Waals surface area contributed by atoms with Gasteiger partial charge in [-0.2, -0.15) is 13.2 Å². The Kier molecular flexibility index (Phi) is 6.94. The van der Waals surface area contributed by atoms with Crippen LogP contribution in [0.25, 0.3) is 0 Å². The SMILES string of the molecule is CCNC(=NCc1csc(C(C)C)n1)NCCC(F)(F)F. The van der Waals surface area contributed by atoms with Gasteiger partial charge in [-0.15, -0.1) is 11.3 Å². The van der Waals surface area contributed by atoms with Crippen molar-refractivity contribution in [2.75, 3.05) is 13.1 Å². The monoisotopic (exact) mass is 322 g/mol. The van der Waals surface area contributed by atoms with E-state index in [-0.39, 0.29) is 6.54 Å². The molecule has 0 radical (unpaired) electrons. The normalized spacial score (nSPS) is 12.8. The van der Waals surface area contributed by atoms with E-state index in [2.05, 4.69) is 34.5 Å². The zero-order valence-corrected chi connectivity index (χ0v) is 13.2. The van der Waals surface area contributed by atoms with E-state index in [0.29, 0.717) is 25.0 Å². The summed E-state index contributed by atoms with van der Waals surface area (Å²) in [5.41, 5.74) is 0.830. The van der Waals surface area contributed by atoms with Crippen molar-refractivity contribution < 1.29 is 13.2 Å². The third-order valence-electron chi connectivity index (χ3n) is 2.51. The minimum absolute atomic E-state index is 0.191. The highest BCUT2D eigenvalue weighted by Crippen LogP contribution is 2.19. The van der Waals surface area contributed by atoms with Crippen molar-refractivity contribution in [1.29, 1.82) is 0 Å². The smallest absolute Gasteiger partial charge is 0.357 e. The first-order valence-corrected chi connectivity index (χ1v) is 7.73. The largest absolute Gasteiger partial charge is 0.390 e. The first-order chi connectivity index (χ1) is 9.81. The second-order valence-electron chi connectivity index (χ2n) is 4.82. The molecular weight excluding hydrogens is 301 g/mol. The lowest BCUT2D eigenvalue weighted by Crippen LogP contribution is -2.38. The molecule has 2 N–H and O–H groups in total. The number of nitrogens with one attached hydrogen (secondary N) is 2. The van der Waals surface area contributed by atoms with Crippen molar-refractivity contribution in [2.24, 2.45) is 4.99 Å². The Labute approximate surface area is 126 Å². The van der Waals surface area contributed by atoms with Crippen molar-refractivity contribution >= 4 is 17.3 Å². The third kappa shape index (κ3) is 7.31. The van der Waals surface area contributed by atoms with Crippen LogP contribution in [0.5, 0.6) is 0 Å². The van der Waals surface area contributed by atoms with Gasteiger partial charge in [0.2, 0.25) is 0 Å². The van der Waals surface area contributed by atoms with Crippen LogP contribution < -0.4 is 10.6 Å². The van der Waals surface area contributed by atoms with Gasteiger partial charge in [0.05, 0.1) is 23.7 Å². The van der Waals surface area contributed by atoms with Gasteiger partial charge in [0, 0.05) is 24.4 Å². The number of thiazole rings is 1. The van der Waals surface area contributed by atoms with Gasteiger partial charge >= 0.3 is 6.18 Å². The van der Waals surface area contributed by atoms with E-state index in [9.17, 15) is 13.2 Å². The van der Waals surface area contributed by atoms with E-state index in [1.54, 1.807) is 11.3 Å². The number of rotatable bonds is 6. The third-order valence-corrected chi connectivity index (χ3v) is 3.70. The Morgan fingerprint density at radius 3 is 2.62 bits per heavy atom. The average Bonchev–Trinajstić information content (AvgIpc) is 2.83. The molecule has 0 atom stereocenters. The zero-order chi connectivity index (χ0) is 15.9. The Balaban J connectivity index is 2.54. The summed E-state index contributed by atoms with van der Waals surface area (Å²) >= 11 is 1.57. The summed E-state index contributed by atoms with van der Waals surface area (Å²) in [5, 5.41) is 8.55. The lowest BCUT2D eigenvalue weighted by Gasteiger charge is -2.12. The molecule has 0 fully saturated rings. The molecule has 0 bridgehead atoms. The molecule has 4 nitrogen and oxygen atoms in total. The van der Waals surface area contributed by atoms with Gasteiger partial charge in [-0.1, -0.05) is 13.8 Å². The predicted molar refractivity (Wildman–Crippen MR) is 79.7 cm³/mol. The maximum Gasteiger partial charge on any atom is 0.390 e. The molecule has 0 aromatic carbocycles. The van der Waals surface area contributed by atoms with Crippen LogP contribution in [0.2, 0.25) is 0 Å². The van der Waals surface area contributed by atoms with Crippen LogP contribution in [0, 0.1) is 0 Å². The summed E-state index contributed by atoms with van der Waals surface area (Å²) in [6.07, 6.45) is -5.04. The van der Waals surface area contributed by atoms with Crippen molar-refractivity contribution in [3.8, 4) is 0 Å². The van der Waals surface area contributed by atoms with Gasteiger partial charge < -0.3 is 10.6 Å². The van der Waals surface area contributed by atoms with Crippen LogP contribution in [0.15, 0.2) is 10.4 Å². The summed E-state index contributed by atoms with van der Waals surface area (Å²) in [5.74, 6) is 0.742. The number of aliphatic imine (C=N–C) groups is 1. The quantitative estimate of drug-likeness (QED) is 0.624. The first kappa shape index (κ1) is 17.7. The lowest BCUT2D eigenvalue weighted by atomic mass is 10.2. The molecule has 0 saturated carbocycles. The van der Waals surface area contributed by atoms with Crippen molar-refractivity contribution in [2.45, 2.75) is 45.8 Å². The summed E-state index contributed by atoms with van der Waals surface area (Å²) in [6, 6.07) is 0. The standard InChI is InChI=1S/C13H21F3N4S/c1-4-17-12(18-6-5-13(14,15)16)19-7-10-8-21-11(20-10)9(2)3/h8-9H,4-7H2,1-3H3,(H2,17,18,19). The second-order valence-corrected chi connectivity index (χ2v) is 5.71. The summed E-state index contributed by atoms with van der Waals surface area (Å²) < 4.78 is 36.3. The number of nitrogens with zero attached hydrogens (tertiary/aromatic N) is 2. The second kappa shape index (κ2) is 8.21. The first-order valence-electron chi connectivity index (χ1n) is 6.85. The van der Waals surface area contributed by atoms with Crippen LogP contribution in [0.3, 0.4) is 0 Å². The van der Waals surface area contributed by atoms with E-state index in [0.717, 1.165) is 10.7 Å². The van der Waals surface area contributed by atoms with Crippen LogP contribution in [0.1, 0.15) is 43.8 Å². The Hall–Kier alpha value is -1.31. The van der Waals surface area contributed by atoms with Crippen molar-refractivity contribution in [1.82, 2.24) is 15.6 Å². The van der Waals surface area contributed by atoms with Gasteiger partial charge in [-0.3, -0.25) is 0 Å². The molecular formula is C13H21F3N4S. The summed E-state index contributed by atoms with van der Waals surface area (Å²) in [7, 11) is 0. The van der Waals surface area contributed by atoms with E-state index in [4.69, 9.17) is 0 Å². The minimum Gasteiger partial charge on any atom is -0.357 e. The number of alkyl halides is 3. The molecule has 8 heteroatoms. The maximum absolute atomic E-state index is 12.1. The van der Waals surface area contributed by atoms with Crippen LogP contribution in [-0.4, -0.2) is 30.2 Å². The molecule has 1 aromatic heterocycles. The maximum atomic E-state index is 12.1. The molecule has 1 heterocycles. The molecule has 1 rings (SSSR count). The van der Waals surface area contributed by atoms with E-state index < -0.39 is 12.6 Å². The van der Waals surface area contributed by atoms with E-state index in [1.807, 2.05) is 12.3 Å². The van der Waals surface area contributed by atoms with Crippen molar-refractivity contribution in [3.63, 3.8) is 0 Å². The highest BCUT2D eigenvalue weighted by molar-refractivity contribution is 7.09. The van der Waals surface area contributed by atoms with Crippen LogP contribution in [0.4, 0.5) is 13.2 Å². The number of hydrogen-bond acceptors (Lipinski definition) is 3. The fourth-order valence-corrected chi connectivity index (χ4v) is 2.31. The predicted octanol–water partition coefficient (Wildman–Crippen LogP) is 3.27. The van der Waals surface area contributed by atoms with Gasteiger partial charge in [0.25, 0.3) is 0 Å². The molecule has 0 aliphatic heterocycles. The molecule has 0 unspecified atom stereocenters. The Morgan fingerprint density at radius 1 is 1.38 bits per heavy atom. The van der Waals surface area contributed by atoms with Crippen LogP contribution >= 0.6 is 11.3 Å². The highest BCUT2D eigenvalue weighted by Gasteiger charge is 2.26. The number of hydrogen-bond donors (Lipinski definition) is 2. The Morgan fingerprint density at radius 2 is 2.10 bits per heavy atom. The lowest BCUT2D eigenvalue weighted by molar-refractivity contribution is -0.132. The molecule has 1 aromatic rings. The summed E-state index contributed by atoms with van der Waals surface area (Å²) in [6.45, 7) is 6.74. The van der Waals surface area contributed by atoms with Gasteiger partial charge in [-0.25, -0.2) is 9.98 Å². The molecule has 120 valence electrons. The molecule has 0 aliphatic carbocycles. The van der Waals surface area contributed by atoms with E-state index >= 15 is 0 Å². The fourth-order valence-electron chi connectivity index (χ4n) is 1.48. The molecule has 0 spiro atoms. The van der Waals surface area contributed by atoms with Crippen molar-refractivity contribution in [3.05, 3.63) is 16.1 Å². The van der Waals surface area contributed by atoms with Crippen LogP contribution in [-0.2, 0) is 6.54 Å². The molecule has 0 amide bonds.